The van der Waals surface area contributed by atoms with Crippen molar-refractivity contribution in [3.63, 3.8) is 0 Å². The van der Waals surface area contributed by atoms with E-state index in [-0.39, 0.29) is 18.0 Å². The van der Waals surface area contributed by atoms with E-state index in [4.69, 9.17) is 15.2 Å². The first-order chi connectivity index (χ1) is 11.6. The quantitative estimate of drug-likeness (QED) is 0.743. The Morgan fingerprint density at radius 2 is 2.00 bits per heavy atom. The maximum absolute atomic E-state index is 9.46. The molecule has 0 unspecified atom stereocenters. The fourth-order valence-electron chi connectivity index (χ4n) is 2.80. The summed E-state index contributed by atoms with van der Waals surface area (Å²) in [6.45, 7) is 0.538. The summed E-state index contributed by atoms with van der Waals surface area (Å²) in [6.07, 6.45) is 1.22. The van der Waals surface area contributed by atoms with Gasteiger partial charge in [-0.15, -0.1) is 0 Å². The molecule has 1 aliphatic carbocycles. The Morgan fingerprint density at radius 1 is 1.21 bits per heavy atom. The molecule has 7 nitrogen and oxygen atoms in total. The summed E-state index contributed by atoms with van der Waals surface area (Å²) in [5, 5.41) is 12.7. The molecule has 1 heterocycles. The fourth-order valence-corrected chi connectivity index (χ4v) is 2.80. The van der Waals surface area contributed by atoms with Gasteiger partial charge in [0.2, 0.25) is 5.95 Å². The molecule has 1 aliphatic rings. The summed E-state index contributed by atoms with van der Waals surface area (Å²) in [5.41, 5.74) is 7.66. The Hall–Kier alpha value is -2.54. The lowest BCUT2D eigenvalue weighted by atomic mass is 9.80. The van der Waals surface area contributed by atoms with Crippen molar-refractivity contribution < 1.29 is 14.6 Å². The van der Waals surface area contributed by atoms with E-state index in [0.29, 0.717) is 12.4 Å². The maximum atomic E-state index is 9.46. The lowest BCUT2D eigenvalue weighted by Gasteiger charge is -2.31. The largest absolute Gasteiger partial charge is 0.497 e. The molecule has 3 rings (SSSR count). The van der Waals surface area contributed by atoms with Crippen LogP contribution in [0.5, 0.6) is 11.5 Å². The summed E-state index contributed by atoms with van der Waals surface area (Å²) < 4.78 is 10.6. The molecule has 2 aromatic rings. The van der Waals surface area contributed by atoms with Gasteiger partial charge in [-0.3, -0.25) is 0 Å². The molecular formula is C17H22N4O3. The summed E-state index contributed by atoms with van der Waals surface area (Å²) in [7, 11) is 3.25. The Labute approximate surface area is 140 Å². The second-order valence-corrected chi connectivity index (χ2v) is 5.89. The van der Waals surface area contributed by atoms with E-state index in [1.54, 1.807) is 14.2 Å². The molecule has 0 radical (unpaired) electrons. The van der Waals surface area contributed by atoms with Crippen LogP contribution in [0.3, 0.4) is 0 Å². The second kappa shape index (κ2) is 6.92. The zero-order chi connectivity index (χ0) is 17.1. The monoisotopic (exact) mass is 330 g/mol. The van der Waals surface area contributed by atoms with Crippen molar-refractivity contribution in [2.24, 2.45) is 0 Å². The molecule has 1 saturated carbocycles. The molecule has 0 saturated heterocycles. The van der Waals surface area contributed by atoms with Crippen molar-refractivity contribution in [3.8, 4) is 11.5 Å². The lowest BCUT2D eigenvalue weighted by Crippen LogP contribution is -2.27. The van der Waals surface area contributed by atoms with E-state index in [9.17, 15) is 5.11 Å². The number of nitrogen functional groups attached to an aromatic ring is 1. The number of ether oxygens (including phenoxy) is 2. The topological polar surface area (TPSA) is 103 Å². The number of aromatic nitrogens is 2. The molecule has 0 spiro atoms. The molecule has 1 fully saturated rings. The number of rotatable bonds is 6. The highest BCUT2D eigenvalue weighted by molar-refractivity contribution is 5.46. The number of hydrogen-bond acceptors (Lipinski definition) is 7. The van der Waals surface area contributed by atoms with Crippen LogP contribution in [0.25, 0.3) is 0 Å². The first-order valence-corrected chi connectivity index (χ1v) is 7.86. The highest BCUT2D eigenvalue weighted by Gasteiger charge is 2.30. The molecule has 0 bridgehead atoms. The zero-order valence-electron chi connectivity index (χ0n) is 13.8. The first kappa shape index (κ1) is 16.3. The summed E-state index contributed by atoms with van der Waals surface area (Å²) in [6, 6.07) is 7.56. The molecule has 0 amide bonds. The van der Waals surface area contributed by atoms with Crippen molar-refractivity contribution in [3.05, 3.63) is 35.5 Å². The van der Waals surface area contributed by atoms with Crippen LogP contribution in [0.1, 0.15) is 30.0 Å². The number of aliphatic hydroxyl groups excluding tert-OH is 1. The Kier molecular flexibility index (Phi) is 4.71. The minimum Gasteiger partial charge on any atom is -0.497 e. The van der Waals surface area contributed by atoms with Gasteiger partial charge in [-0.1, -0.05) is 0 Å². The minimum absolute atomic E-state index is 0.230. The smallest absolute Gasteiger partial charge is 0.222 e. The van der Waals surface area contributed by atoms with Crippen LogP contribution in [0.2, 0.25) is 0 Å². The van der Waals surface area contributed by atoms with Gasteiger partial charge in [-0.2, -0.15) is 4.98 Å². The van der Waals surface area contributed by atoms with Crippen molar-refractivity contribution >= 4 is 11.8 Å². The van der Waals surface area contributed by atoms with E-state index >= 15 is 0 Å². The van der Waals surface area contributed by atoms with E-state index in [1.807, 2.05) is 24.3 Å². The van der Waals surface area contributed by atoms with E-state index in [1.165, 1.54) is 0 Å². The van der Waals surface area contributed by atoms with Gasteiger partial charge in [0, 0.05) is 30.2 Å². The van der Waals surface area contributed by atoms with Gasteiger partial charge in [-0.05, 0) is 25.0 Å². The van der Waals surface area contributed by atoms with Gasteiger partial charge >= 0.3 is 0 Å². The van der Waals surface area contributed by atoms with Gasteiger partial charge in [0.1, 0.15) is 17.3 Å². The van der Waals surface area contributed by atoms with Crippen LogP contribution in [-0.4, -0.2) is 35.4 Å². The Balaban J connectivity index is 1.72. The second-order valence-electron chi connectivity index (χ2n) is 5.89. The average molecular weight is 330 g/mol. The lowest BCUT2D eigenvalue weighted by molar-refractivity contribution is 0.0732. The number of aliphatic hydroxyl groups is 1. The van der Waals surface area contributed by atoms with Gasteiger partial charge in [0.15, 0.2) is 0 Å². The first-order valence-electron chi connectivity index (χ1n) is 7.86. The van der Waals surface area contributed by atoms with Crippen molar-refractivity contribution in [1.29, 1.82) is 0 Å². The van der Waals surface area contributed by atoms with Gasteiger partial charge in [-0.25, -0.2) is 4.98 Å². The summed E-state index contributed by atoms with van der Waals surface area (Å²) in [4.78, 5) is 8.50. The molecule has 24 heavy (non-hydrogen) atoms. The van der Waals surface area contributed by atoms with Crippen molar-refractivity contribution in [2.45, 2.75) is 31.4 Å². The van der Waals surface area contributed by atoms with Crippen LogP contribution >= 0.6 is 0 Å². The minimum atomic E-state index is -0.230. The Morgan fingerprint density at radius 3 is 2.67 bits per heavy atom. The van der Waals surface area contributed by atoms with Crippen LogP contribution in [0.15, 0.2) is 24.3 Å². The normalized spacial score (nSPS) is 19.5. The number of hydrogen-bond donors (Lipinski definition) is 3. The number of nitrogens with two attached hydrogens (primary N) is 1. The highest BCUT2D eigenvalue weighted by atomic mass is 16.5. The van der Waals surface area contributed by atoms with Gasteiger partial charge in [0.05, 0.1) is 26.0 Å². The van der Waals surface area contributed by atoms with E-state index in [2.05, 4.69) is 15.3 Å². The third kappa shape index (κ3) is 3.51. The maximum Gasteiger partial charge on any atom is 0.222 e. The molecular weight excluding hydrogens is 308 g/mol. The van der Waals surface area contributed by atoms with Crippen LogP contribution < -0.4 is 20.5 Å². The van der Waals surface area contributed by atoms with Crippen molar-refractivity contribution in [2.75, 3.05) is 25.3 Å². The summed E-state index contributed by atoms with van der Waals surface area (Å²) >= 11 is 0. The number of benzene rings is 1. The number of methoxy groups -OCH3 is 2. The molecule has 0 atom stereocenters. The van der Waals surface area contributed by atoms with Gasteiger partial charge in [0.25, 0.3) is 0 Å². The number of nitrogens with one attached hydrogen (secondary N) is 1. The zero-order valence-corrected chi connectivity index (χ0v) is 13.8. The molecule has 4 N–H and O–H groups in total. The molecule has 128 valence electrons. The van der Waals surface area contributed by atoms with Crippen molar-refractivity contribution in [1.82, 2.24) is 9.97 Å². The number of nitrogens with zero attached hydrogens (tertiary/aromatic N) is 2. The van der Waals surface area contributed by atoms with Gasteiger partial charge < -0.3 is 25.6 Å². The van der Waals surface area contributed by atoms with E-state index in [0.717, 1.165) is 35.6 Å². The molecule has 1 aromatic carbocycles. The fraction of sp³-hybridized carbons (Fsp3) is 0.412. The average Bonchev–Trinajstić information content (AvgIpc) is 2.56. The van der Waals surface area contributed by atoms with Crippen LogP contribution in [0.4, 0.5) is 11.8 Å². The summed E-state index contributed by atoms with van der Waals surface area (Å²) in [5.74, 6) is 2.63. The standard InChI is InChI=1S/C17H22N4O3/c1-23-13-4-3-10(15(7-13)24-2)9-19-16-8-14(20-17(18)21-16)11-5-12(22)6-11/h3-4,7-8,11-12,22H,5-6,9H2,1-2H3,(H3,18,19,20,21). The van der Waals surface area contributed by atoms with E-state index < -0.39 is 0 Å². The third-order valence-electron chi connectivity index (χ3n) is 4.25. The SMILES string of the molecule is COc1ccc(CNc2cc(C3CC(O)C3)nc(N)n2)c(OC)c1. The predicted molar refractivity (Wildman–Crippen MR) is 91.3 cm³/mol. The molecule has 1 aromatic heterocycles. The number of anilines is 2. The third-order valence-corrected chi connectivity index (χ3v) is 4.25. The van der Waals surface area contributed by atoms with Crippen LogP contribution in [0, 0.1) is 0 Å². The van der Waals surface area contributed by atoms with Crippen LogP contribution in [-0.2, 0) is 6.54 Å². The Bertz CT molecular complexity index is 717. The highest BCUT2D eigenvalue weighted by Crippen LogP contribution is 2.36. The molecule has 7 heteroatoms. The molecule has 0 aliphatic heterocycles. The predicted octanol–water partition coefficient (Wildman–Crippen LogP) is 1.93.